The number of rotatable bonds is 3. The second-order valence-electron chi connectivity index (χ2n) is 5.73. The molecule has 0 spiro atoms. The van der Waals surface area contributed by atoms with Crippen molar-refractivity contribution in [3.05, 3.63) is 24.2 Å². The van der Waals surface area contributed by atoms with E-state index >= 15 is 0 Å². The Balaban J connectivity index is 2.01. The molecule has 0 aliphatic heterocycles. The lowest BCUT2D eigenvalue weighted by Crippen LogP contribution is -2.29. The Morgan fingerprint density at radius 3 is 2.65 bits per heavy atom. The maximum absolute atomic E-state index is 9.47. The minimum Gasteiger partial charge on any atom is -0.469 e. The Labute approximate surface area is 104 Å². The number of furan rings is 1. The third-order valence-corrected chi connectivity index (χ3v) is 4.26. The smallest absolute Gasteiger partial charge is 0.105 e. The fourth-order valence-corrected chi connectivity index (χ4v) is 2.93. The van der Waals surface area contributed by atoms with Crippen LogP contribution in [0, 0.1) is 28.6 Å². The van der Waals surface area contributed by atoms with E-state index in [4.69, 9.17) is 4.42 Å². The molecule has 2 heteroatoms. The molecule has 1 aromatic rings. The molecule has 1 aromatic heterocycles. The van der Waals surface area contributed by atoms with Gasteiger partial charge >= 0.3 is 0 Å². The first kappa shape index (κ1) is 12.2. The largest absolute Gasteiger partial charge is 0.469 e. The normalized spacial score (nSPS) is 29.2. The monoisotopic (exact) mass is 231 g/mol. The van der Waals surface area contributed by atoms with Crippen LogP contribution >= 0.6 is 0 Å². The lowest BCUT2D eigenvalue weighted by atomic mass is 9.67. The second-order valence-corrected chi connectivity index (χ2v) is 5.73. The van der Waals surface area contributed by atoms with Gasteiger partial charge in [-0.25, -0.2) is 0 Å². The van der Waals surface area contributed by atoms with E-state index in [1.807, 2.05) is 12.1 Å². The molecule has 2 rings (SSSR count). The molecule has 0 amide bonds. The van der Waals surface area contributed by atoms with E-state index in [-0.39, 0.29) is 5.41 Å². The van der Waals surface area contributed by atoms with Gasteiger partial charge in [0, 0.05) is 6.42 Å². The van der Waals surface area contributed by atoms with Crippen LogP contribution in [0.4, 0.5) is 0 Å². The van der Waals surface area contributed by atoms with E-state index in [1.54, 1.807) is 6.26 Å². The van der Waals surface area contributed by atoms with Crippen molar-refractivity contribution in [1.82, 2.24) is 0 Å². The molecule has 1 aliphatic rings. The molecule has 0 N–H and O–H groups in total. The van der Waals surface area contributed by atoms with Gasteiger partial charge in [-0.05, 0) is 49.7 Å². The highest BCUT2D eigenvalue weighted by atomic mass is 16.3. The predicted molar refractivity (Wildman–Crippen MR) is 67.3 cm³/mol. The Kier molecular flexibility index (Phi) is 3.57. The Bertz CT molecular complexity index is 378. The summed E-state index contributed by atoms with van der Waals surface area (Å²) in [6.45, 7) is 4.58. The molecule has 0 saturated heterocycles. The molecular formula is C15H21NO. The van der Waals surface area contributed by atoms with Gasteiger partial charge < -0.3 is 4.42 Å². The molecule has 0 atom stereocenters. The lowest BCUT2D eigenvalue weighted by Gasteiger charge is -2.36. The second kappa shape index (κ2) is 4.96. The van der Waals surface area contributed by atoms with Crippen molar-refractivity contribution in [2.24, 2.45) is 17.3 Å². The molecule has 17 heavy (non-hydrogen) atoms. The van der Waals surface area contributed by atoms with Crippen molar-refractivity contribution in [3.8, 4) is 6.07 Å². The fourth-order valence-electron chi connectivity index (χ4n) is 2.93. The number of nitriles is 1. The molecule has 92 valence electrons. The van der Waals surface area contributed by atoms with Crippen molar-refractivity contribution >= 4 is 0 Å². The van der Waals surface area contributed by atoms with E-state index in [0.717, 1.165) is 36.9 Å². The van der Waals surface area contributed by atoms with Gasteiger partial charge in [0.2, 0.25) is 0 Å². The summed E-state index contributed by atoms with van der Waals surface area (Å²) in [5.41, 5.74) is -0.177. The van der Waals surface area contributed by atoms with Gasteiger partial charge in [-0.15, -0.1) is 0 Å². The first-order valence-electron chi connectivity index (χ1n) is 6.59. The maximum atomic E-state index is 9.47. The van der Waals surface area contributed by atoms with Crippen molar-refractivity contribution in [1.29, 1.82) is 5.26 Å². The van der Waals surface area contributed by atoms with Crippen LogP contribution < -0.4 is 0 Å². The minimum absolute atomic E-state index is 0.177. The Morgan fingerprint density at radius 1 is 1.47 bits per heavy atom. The van der Waals surface area contributed by atoms with Gasteiger partial charge in [0.05, 0.1) is 17.7 Å². The highest BCUT2D eigenvalue weighted by molar-refractivity contribution is 5.10. The fraction of sp³-hybridized carbons (Fsp3) is 0.667. The number of nitrogens with zero attached hydrogens (tertiary/aromatic N) is 1. The van der Waals surface area contributed by atoms with Crippen LogP contribution in [-0.2, 0) is 6.42 Å². The van der Waals surface area contributed by atoms with Crippen molar-refractivity contribution in [2.45, 2.75) is 46.0 Å². The summed E-state index contributed by atoms with van der Waals surface area (Å²) in [5, 5.41) is 9.47. The first-order valence-corrected chi connectivity index (χ1v) is 6.59. The van der Waals surface area contributed by atoms with Crippen LogP contribution in [0.2, 0.25) is 0 Å². The molecule has 0 bridgehead atoms. The summed E-state index contributed by atoms with van der Waals surface area (Å²) in [4.78, 5) is 0. The van der Waals surface area contributed by atoms with Crippen LogP contribution in [0.5, 0.6) is 0 Å². The van der Waals surface area contributed by atoms with E-state index in [2.05, 4.69) is 19.9 Å². The van der Waals surface area contributed by atoms with Crippen molar-refractivity contribution in [3.63, 3.8) is 0 Å². The van der Waals surface area contributed by atoms with E-state index < -0.39 is 0 Å². The van der Waals surface area contributed by atoms with Gasteiger partial charge in [-0.1, -0.05) is 13.8 Å². The third-order valence-electron chi connectivity index (χ3n) is 4.26. The zero-order valence-electron chi connectivity index (χ0n) is 10.8. The zero-order chi connectivity index (χ0) is 12.3. The summed E-state index contributed by atoms with van der Waals surface area (Å²) < 4.78 is 5.39. The van der Waals surface area contributed by atoms with Gasteiger partial charge in [0.25, 0.3) is 0 Å². The molecule has 1 aliphatic carbocycles. The van der Waals surface area contributed by atoms with Crippen LogP contribution in [0.1, 0.15) is 45.3 Å². The lowest BCUT2D eigenvalue weighted by molar-refractivity contribution is 0.168. The van der Waals surface area contributed by atoms with Gasteiger partial charge in [-0.2, -0.15) is 5.26 Å². The van der Waals surface area contributed by atoms with E-state index in [0.29, 0.717) is 0 Å². The molecule has 0 unspecified atom stereocenters. The van der Waals surface area contributed by atoms with Gasteiger partial charge in [-0.3, -0.25) is 0 Å². The van der Waals surface area contributed by atoms with Crippen LogP contribution in [0.15, 0.2) is 22.8 Å². The van der Waals surface area contributed by atoms with E-state index in [9.17, 15) is 5.26 Å². The zero-order valence-corrected chi connectivity index (χ0v) is 10.8. The molecule has 1 saturated carbocycles. The number of hydrogen-bond donors (Lipinski definition) is 0. The standard InChI is InChI=1S/C15H21NO/c1-12(2)13-5-7-15(11-16,8-6-13)10-14-4-3-9-17-14/h3-4,9,12-13H,5-8,10H2,1-2H3. The minimum atomic E-state index is -0.177. The summed E-state index contributed by atoms with van der Waals surface area (Å²) in [7, 11) is 0. The topological polar surface area (TPSA) is 36.9 Å². The van der Waals surface area contributed by atoms with Crippen molar-refractivity contribution < 1.29 is 4.42 Å². The summed E-state index contributed by atoms with van der Waals surface area (Å²) >= 11 is 0. The SMILES string of the molecule is CC(C)C1CCC(C#N)(Cc2ccco2)CC1. The highest BCUT2D eigenvalue weighted by Crippen LogP contribution is 2.43. The average molecular weight is 231 g/mol. The molecule has 2 nitrogen and oxygen atoms in total. The average Bonchev–Trinajstić information content (AvgIpc) is 2.82. The van der Waals surface area contributed by atoms with E-state index in [1.165, 1.54) is 12.8 Å². The van der Waals surface area contributed by atoms with Gasteiger partial charge in [0.1, 0.15) is 5.76 Å². The van der Waals surface area contributed by atoms with Crippen molar-refractivity contribution in [2.75, 3.05) is 0 Å². The molecule has 1 heterocycles. The maximum Gasteiger partial charge on any atom is 0.105 e. The molecule has 1 fully saturated rings. The molecular weight excluding hydrogens is 210 g/mol. The van der Waals surface area contributed by atoms with Gasteiger partial charge in [0.15, 0.2) is 0 Å². The quantitative estimate of drug-likeness (QED) is 0.782. The van der Waals surface area contributed by atoms with Crippen LogP contribution in [-0.4, -0.2) is 0 Å². The first-order chi connectivity index (χ1) is 8.15. The summed E-state index contributed by atoms with van der Waals surface area (Å²) in [5.74, 6) is 2.50. The third kappa shape index (κ3) is 2.72. The Hall–Kier alpha value is -1.23. The van der Waals surface area contributed by atoms with Crippen LogP contribution in [0.3, 0.4) is 0 Å². The summed E-state index contributed by atoms with van der Waals surface area (Å²) in [6, 6.07) is 6.44. The molecule has 0 radical (unpaired) electrons. The summed E-state index contributed by atoms with van der Waals surface area (Å²) in [6.07, 6.45) is 6.89. The predicted octanol–water partition coefficient (Wildman–Crippen LogP) is 4.18. The number of hydrogen-bond acceptors (Lipinski definition) is 2. The van der Waals surface area contributed by atoms with Crippen LogP contribution in [0.25, 0.3) is 0 Å². The molecule has 0 aromatic carbocycles. The Morgan fingerprint density at radius 2 is 2.18 bits per heavy atom. The highest BCUT2D eigenvalue weighted by Gasteiger charge is 2.37.